The van der Waals surface area contributed by atoms with E-state index in [9.17, 15) is 4.79 Å². The van der Waals surface area contributed by atoms with Gasteiger partial charge in [0.05, 0.1) is 20.3 Å². The lowest BCUT2D eigenvalue weighted by Crippen LogP contribution is -2.40. The van der Waals surface area contributed by atoms with Crippen molar-refractivity contribution in [1.82, 2.24) is 5.32 Å². The first-order valence-corrected chi connectivity index (χ1v) is 6.26. The van der Waals surface area contributed by atoms with Crippen LogP contribution in [0.1, 0.15) is 29.6 Å². The third kappa shape index (κ3) is 2.64. The molecule has 1 aromatic rings. The molecule has 1 unspecified atom stereocenters. The fraction of sp³-hybridized carbons (Fsp3) is 0.500. The van der Waals surface area contributed by atoms with E-state index in [4.69, 9.17) is 9.47 Å². The molecule has 98 valence electrons. The molecule has 4 nitrogen and oxygen atoms in total. The first kappa shape index (κ1) is 12.9. The summed E-state index contributed by atoms with van der Waals surface area (Å²) in [5, 5.41) is 3.26. The van der Waals surface area contributed by atoms with Gasteiger partial charge in [0.15, 0.2) is 17.3 Å². The summed E-state index contributed by atoms with van der Waals surface area (Å²) in [6.45, 7) is 0.920. The van der Waals surface area contributed by atoms with Gasteiger partial charge in [0, 0.05) is 5.56 Å². The van der Waals surface area contributed by atoms with Crippen LogP contribution in [0.4, 0.5) is 0 Å². The first-order valence-electron chi connectivity index (χ1n) is 6.26. The summed E-state index contributed by atoms with van der Waals surface area (Å²) in [5.41, 5.74) is 0.673. The number of hydrogen-bond donors (Lipinski definition) is 1. The van der Waals surface area contributed by atoms with Crippen molar-refractivity contribution in [2.45, 2.75) is 25.3 Å². The molecule has 1 heterocycles. The van der Waals surface area contributed by atoms with Crippen molar-refractivity contribution in [3.8, 4) is 11.5 Å². The lowest BCUT2D eigenvalue weighted by molar-refractivity contribution is 0.0927. The Kier molecular flexibility index (Phi) is 4.20. The Morgan fingerprint density at radius 3 is 2.61 bits per heavy atom. The van der Waals surface area contributed by atoms with Gasteiger partial charge in [-0.3, -0.25) is 4.79 Å². The van der Waals surface area contributed by atoms with Crippen LogP contribution >= 0.6 is 0 Å². The minimum absolute atomic E-state index is 0.0585. The van der Waals surface area contributed by atoms with Gasteiger partial charge in [-0.25, -0.2) is 0 Å². The van der Waals surface area contributed by atoms with Gasteiger partial charge in [-0.1, -0.05) is 6.42 Å². The number of nitrogens with one attached hydrogen (secondary N) is 1. The fourth-order valence-corrected chi connectivity index (χ4v) is 2.27. The van der Waals surface area contributed by atoms with Crippen molar-refractivity contribution in [2.24, 2.45) is 0 Å². The number of ketones is 1. The SMILES string of the molecule is COc1ccc(C(=O)C2CCCCN2)cc1OC. The van der Waals surface area contributed by atoms with E-state index in [1.807, 2.05) is 0 Å². The summed E-state index contributed by atoms with van der Waals surface area (Å²) in [5.74, 6) is 1.38. The number of carbonyl (C=O) groups is 1. The zero-order chi connectivity index (χ0) is 13.0. The zero-order valence-electron chi connectivity index (χ0n) is 10.9. The van der Waals surface area contributed by atoms with Crippen LogP contribution in [0.2, 0.25) is 0 Å². The van der Waals surface area contributed by atoms with E-state index in [2.05, 4.69) is 5.32 Å². The highest BCUT2D eigenvalue weighted by Crippen LogP contribution is 2.28. The summed E-state index contributed by atoms with van der Waals surface area (Å²) in [4.78, 5) is 12.3. The molecule has 1 aromatic carbocycles. The number of Topliss-reactive ketones (excluding diaryl/α,β-unsaturated/α-hetero) is 1. The molecule has 18 heavy (non-hydrogen) atoms. The van der Waals surface area contributed by atoms with E-state index >= 15 is 0 Å². The maximum Gasteiger partial charge on any atom is 0.179 e. The van der Waals surface area contributed by atoms with E-state index in [0.717, 1.165) is 25.8 Å². The van der Waals surface area contributed by atoms with Crippen LogP contribution < -0.4 is 14.8 Å². The Bertz CT molecular complexity index is 425. The maximum absolute atomic E-state index is 12.3. The number of methoxy groups -OCH3 is 2. The predicted octanol–water partition coefficient (Wildman–Crippen LogP) is 2.03. The lowest BCUT2D eigenvalue weighted by Gasteiger charge is -2.22. The van der Waals surface area contributed by atoms with Crippen molar-refractivity contribution < 1.29 is 14.3 Å². The highest BCUT2D eigenvalue weighted by Gasteiger charge is 2.22. The second-order valence-corrected chi connectivity index (χ2v) is 4.44. The molecule has 1 N–H and O–H groups in total. The van der Waals surface area contributed by atoms with Crippen molar-refractivity contribution >= 4 is 5.78 Å². The van der Waals surface area contributed by atoms with Gasteiger partial charge in [-0.15, -0.1) is 0 Å². The molecule has 1 fully saturated rings. The maximum atomic E-state index is 12.3. The van der Waals surface area contributed by atoms with E-state index < -0.39 is 0 Å². The average Bonchev–Trinajstić information content (AvgIpc) is 2.46. The van der Waals surface area contributed by atoms with Gasteiger partial charge in [0.25, 0.3) is 0 Å². The topological polar surface area (TPSA) is 47.6 Å². The van der Waals surface area contributed by atoms with E-state index in [1.54, 1.807) is 32.4 Å². The molecule has 0 bridgehead atoms. The number of benzene rings is 1. The molecule has 0 aromatic heterocycles. The highest BCUT2D eigenvalue weighted by atomic mass is 16.5. The van der Waals surface area contributed by atoms with E-state index in [0.29, 0.717) is 17.1 Å². The zero-order valence-corrected chi connectivity index (χ0v) is 10.9. The van der Waals surface area contributed by atoms with Crippen LogP contribution in [0.25, 0.3) is 0 Å². The molecule has 0 amide bonds. The third-order valence-electron chi connectivity index (χ3n) is 3.29. The van der Waals surface area contributed by atoms with Gasteiger partial charge in [-0.2, -0.15) is 0 Å². The summed E-state index contributed by atoms with van der Waals surface area (Å²) >= 11 is 0. The molecule has 0 aliphatic carbocycles. The van der Waals surface area contributed by atoms with Crippen LogP contribution in [0, 0.1) is 0 Å². The quantitative estimate of drug-likeness (QED) is 0.829. The number of hydrogen-bond acceptors (Lipinski definition) is 4. The Morgan fingerprint density at radius 1 is 1.22 bits per heavy atom. The van der Waals surface area contributed by atoms with Crippen molar-refractivity contribution in [2.75, 3.05) is 20.8 Å². The first-order chi connectivity index (χ1) is 8.76. The number of piperidine rings is 1. The van der Waals surface area contributed by atoms with Crippen LogP contribution in [-0.4, -0.2) is 32.6 Å². The monoisotopic (exact) mass is 249 g/mol. The molecule has 4 heteroatoms. The molecular formula is C14H19NO3. The van der Waals surface area contributed by atoms with Crippen LogP contribution in [0.5, 0.6) is 11.5 Å². The molecular weight excluding hydrogens is 230 g/mol. The Balaban J connectivity index is 2.19. The summed E-state index contributed by atoms with van der Waals surface area (Å²) in [6.07, 6.45) is 3.17. The molecule has 0 saturated carbocycles. The van der Waals surface area contributed by atoms with Gasteiger partial charge in [-0.05, 0) is 37.6 Å². The van der Waals surface area contributed by atoms with Crippen molar-refractivity contribution in [1.29, 1.82) is 0 Å². The van der Waals surface area contributed by atoms with Gasteiger partial charge in [0.1, 0.15) is 0 Å². The third-order valence-corrected chi connectivity index (χ3v) is 3.29. The number of rotatable bonds is 4. The summed E-state index contributed by atoms with van der Waals surface area (Å²) in [6, 6.07) is 5.25. The van der Waals surface area contributed by atoms with Crippen LogP contribution in [0.15, 0.2) is 18.2 Å². The largest absolute Gasteiger partial charge is 0.493 e. The Hall–Kier alpha value is -1.55. The van der Waals surface area contributed by atoms with Crippen molar-refractivity contribution in [3.05, 3.63) is 23.8 Å². The van der Waals surface area contributed by atoms with Crippen LogP contribution in [-0.2, 0) is 0 Å². The van der Waals surface area contributed by atoms with Gasteiger partial charge < -0.3 is 14.8 Å². The lowest BCUT2D eigenvalue weighted by atomic mass is 9.96. The van der Waals surface area contributed by atoms with Crippen molar-refractivity contribution in [3.63, 3.8) is 0 Å². The molecule has 0 spiro atoms. The molecule has 0 radical (unpaired) electrons. The normalized spacial score (nSPS) is 19.3. The Labute approximate surface area is 107 Å². The average molecular weight is 249 g/mol. The summed E-state index contributed by atoms with van der Waals surface area (Å²) < 4.78 is 10.4. The smallest absolute Gasteiger partial charge is 0.179 e. The molecule has 1 aliphatic heterocycles. The number of carbonyl (C=O) groups excluding carboxylic acids is 1. The second kappa shape index (κ2) is 5.87. The number of ether oxygens (including phenoxy) is 2. The molecule has 2 rings (SSSR count). The molecule has 1 saturated heterocycles. The molecule has 1 aliphatic rings. The minimum atomic E-state index is -0.0585. The molecule has 1 atom stereocenters. The van der Waals surface area contributed by atoms with Gasteiger partial charge >= 0.3 is 0 Å². The standard InChI is InChI=1S/C14H19NO3/c1-17-12-7-6-10(9-13(12)18-2)14(16)11-5-3-4-8-15-11/h6-7,9,11,15H,3-5,8H2,1-2H3. The highest BCUT2D eigenvalue weighted by molar-refractivity contribution is 6.00. The van der Waals surface area contributed by atoms with E-state index in [-0.39, 0.29) is 11.8 Å². The minimum Gasteiger partial charge on any atom is -0.493 e. The fourth-order valence-electron chi connectivity index (χ4n) is 2.27. The van der Waals surface area contributed by atoms with Gasteiger partial charge in [0.2, 0.25) is 0 Å². The van der Waals surface area contributed by atoms with E-state index in [1.165, 1.54) is 0 Å². The predicted molar refractivity (Wildman–Crippen MR) is 69.5 cm³/mol. The summed E-state index contributed by atoms with van der Waals surface area (Å²) in [7, 11) is 3.16. The Morgan fingerprint density at radius 2 is 2.00 bits per heavy atom. The second-order valence-electron chi connectivity index (χ2n) is 4.44. The van der Waals surface area contributed by atoms with Crippen LogP contribution in [0.3, 0.4) is 0 Å².